The minimum atomic E-state index is 0.125. The predicted molar refractivity (Wildman–Crippen MR) is 102 cm³/mol. The van der Waals surface area contributed by atoms with Gasteiger partial charge in [-0.3, -0.25) is 14.6 Å². The fourth-order valence-corrected chi connectivity index (χ4v) is 3.92. The van der Waals surface area contributed by atoms with Crippen LogP contribution in [0.1, 0.15) is 68.0 Å². The lowest BCUT2D eigenvalue weighted by atomic mass is 9.88. The van der Waals surface area contributed by atoms with Crippen LogP contribution in [0.25, 0.3) is 11.6 Å². The number of ketones is 1. The number of allylic oxidation sites excluding steroid dienone is 2. The highest BCUT2D eigenvalue weighted by Gasteiger charge is 2.30. The van der Waals surface area contributed by atoms with Crippen molar-refractivity contribution >= 4 is 23.3 Å². The summed E-state index contributed by atoms with van der Waals surface area (Å²) in [5, 5.41) is 3.10. The lowest BCUT2D eigenvalue weighted by Crippen LogP contribution is -2.35. The molecule has 4 nitrogen and oxygen atoms in total. The van der Waals surface area contributed by atoms with Gasteiger partial charge in [-0.2, -0.15) is 0 Å². The van der Waals surface area contributed by atoms with Crippen molar-refractivity contribution in [2.75, 3.05) is 0 Å². The molecule has 1 aromatic rings. The third kappa shape index (κ3) is 3.64. The standard InChI is InChI=1S/C22H26N2O2/c1-2-22(26)24-16-10-8-14(9-11-16)19-12-17(13-21(25)15-6-7-15)23-20-5-3-4-18(19)20/h3-4,8,12,15-16H,2,5-7,9-11,13H2,1H3,(H,24,26). The number of Topliss-reactive ketones (excluding diaryl/α,β-unsaturated/α-hetero) is 1. The molecule has 0 aliphatic heterocycles. The first-order chi connectivity index (χ1) is 12.6. The summed E-state index contributed by atoms with van der Waals surface area (Å²) in [7, 11) is 0. The SMILES string of the molecule is CCC(=O)NC1CC=C(c2cc(CC(=O)C3CC3)nc3c2C=CC3)CC1. The third-order valence-corrected chi connectivity index (χ3v) is 5.62. The number of pyridine rings is 1. The van der Waals surface area contributed by atoms with Crippen LogP contribution in [0, 0.1) is 5.92 Å². The van der Waals surface area contributed by atoms with E-state index < -0.39 is 0 Å². The molecule has 1 unspecified atom stereocenters. The number of hydrogen-bond acceptors (Lipinski definition) is 3. The number of carbonyl (C=O) groups excluding carboxylic acids is 2. The molecule has 26 heavy (non-hydrogen) atoms. The Hall–Kier alpha value is -2.23. The second kappa shape index (κ2) is 7.18. The van der Waals surface area contributed by atoms with Gasteiger partial charge in [-0.15, -0.1) is 0 Å². The van der Waals surface area contributed by atoms with Crippen molar-refractivity contribution in [2.45, 2.75) is 64.3 Å². The van der Waals surface area contributed by atoms with Gasteiger partial charge in [-0.05, 0) is 49.3 Å². The van der Waals surface area contributed by atoms with Gasteiger partial charge < -0.3 is 5.32 Å². The molecule has 136 valence electrons. The molecular weight excluding hydrogens is 324 g/mol. The Kier molecular flexibility index (Phi) is 4.75. The Labute approximate surface area is 154 Å². The molecule has 1 amide bonds. The van der Waals surface area contributed by atoms with Crippen molar-refractivity contribution in [1.82, 2.24) is 10.3 Å². The molecule has 3 aliphatic carbocycles. The zero-order chi connectivity index (χ0) is 18.1. The average Bonchev–Trinajstić information content (AvgIpc) is 3.40. The number of carbonyl (C=O) groups is 2. The van der Waals surface area contributed by atoms with Crippen LogP contribution < -0.4 is 5.32 Å². The summed E-state index contributed by atoms with van der Waals surface area (Å²) < 4.78 is 0. The monoisotopic (exact) mass is 350 g/mol. The highest BCUT2D eigenvalue weighted by molar-refractivity contribution is 5.86. The number of nitrogens with one attached hydrogen (secondary N) is 1. The van der Waals surface area contributed by atoms with Gasteiger partial charge >= 0.3 is 0 Å². The van der Waals surface area contributed by atoms with E-state index in [9.17, 15) is 9.59 Å². The minimum Gasteiger partial charge on any atom is -0.353 e. The second-order valence-electron chi connectivity index (χ2n) is 7.67. The number of rotatable bonds is 6. The van der Waals surface area contributed by atoms with Crippen molar-refractivity contribution in [2.24, 2.45) is 5.92 Å². The molecule has 1 N–H and O–H groups in total. The molecule has 1 aromatic heterocycles. The van der Waals surface area contributed by atoms with Crippen LogP contribution in [0.2, 0.25) is 0 Å². The molecule has 0 aromatic carbocycles. The van der Waals surface area contributed by atoms with Gasteiger partial charge in [0.15, 0.2) is 0 Å². The van der Waals surface area contributed by atoms with Crippen LogP contribution in [-0.4, -0.2) is 22.7 Å². The minimum absolute atomic E-state index is 0.125. The maximum Gasteiger partial charge on any atom is 0.219 e. The average molecular weight is 350 g/mol. The molecule has 0 spiro atoms. The van der Waals surface area contributed by atoms with E-state index in [1.54, 1.807) is 0 Å². The molecule has 1 heterocycles. The van der Waals surface area contributed by atoms with Crippen LogP contribution in [0.15, 0.2) is 18.2 Å². The highest BCUT2D eigenvalue weighted by Crippen LogP contribution is 2.35. The van der Waals surface area contributed by atoms with Gasteiger partial charge in [-0.25, -0.2) is 0 Å². The Balaban J connectivity index is 1.55. The van der Waals surface area contributed by atoms with E-state index in [0.29, 0.717) is 18.6 Å². The lowest BCUT2D eigenvalue weighted by Gasteiger charge is -2.24. The van der Waals surface area contributed by atoms with Crippen LogP contribution in [-0.2, 0) is 22.4 Å². The number of amides is 1. The molecule has 0 saturated heterocycles. The van der Waals surface area contributed by atoms with E-state index in [1.807, 2.05) is 6.92 Å². The fraction of sp³-hybridized carbons (Fsp3) is 0.500. The zero-order valence-corrected chi connectivity index (χ0v) is 15.4. The molecule has 4 heteroatoms. The maximum atomic E-state index is 12.2. The molecule has 1 saturated carbocycles. The lowest BCUT2D eigenvalue weighted by molar-refractivity contribution is -0.121. The summed E-state index contributed by atoms with van der Waals surface area (Å²) in [6.45, 7) is 1.89. The summed E-state index contributed by atoms with van der Waals surface area (Å²) in [4.78, 5) is 28.6. The van der Waals surface area contributed by atoms with Crippen molar-refractivity contribution in [3.63, 3.8) is 0 Å². The Morgan fingerprint density at radius 2 is 2.12 bits per heavy atom. The summed E-state index contributed by atoms with van der Waals surface area (Å²) in [6, 6.07) is 2.37. The molecule has 1 atom stereocenters. The molecule has 0 bridgehead atoms. The first-order valence-corrected chi connectivity index (χ1v) is 9.85. The van der Waals surface area contributed by atoms with Gasteiger partial charge in [0.1, 0.15) is 5.78 Å². The molecule has 0 radical (unpaired) electrons. The topological polar surface area (TPSA) is 59.1 Å². The summed E-state index contributed by atoms with van der Waals surface area (Å²) >= 11 is 0. The summed E-state index contributed by atoms with van der Waals surface area (Å²) in [5.74, 6) is 0.748. The van der Waals surface area contributed by atoms with Crippen LogP contribution >= 0.6 is 0 Å². The fourth-order valence-electron chi connectivity index (χ4n) is 3.92. The van der Waals surface area contributed by atoms with Crippen LogP contribution in [0.5, 0.6) is 0 Å². The Bertz CT molecular complexity index is 803. The first kappa shape index (κ1) is 17.2. The number of aromatic nitrogens is 1. The maximum absolute atomic E-state index is 12.2. The molecule has 1 fully saturated rings. The summed E-state index contributed by atoms with van der Waals surface area (Å²) in [5.41, 5.74) is 5.81. The Morgan fingerprint density at radius 1 is 1.27 bits per heavy atom. The van der Waals surface area contributed by atoms with E-state index >= 15 is 0 Å². The number of hydrogen-bond donors (Lipinski definition) is 1. The van der Waals surface area contributed by atoms with E-state index in [1.165, 1.54) is 16.7 Å². The third-order valence-electron chi connectivity index (χ3n) is 5.62. The normalized spacial score (nSPS) is 21.3. The van der Waals surface area contributed by atoms with E-state index in [0.717, 1.165) is 49.9 Å². The molecular formula is C22H26N2O2. The van der Waals surface area contributed by atoms with E-state index in [-0.39, 0.29) is 17.9 Å². The quantitative estimate of drug-likeness (QED) is 0.852. The van der Waals surface area contributed by atoms with E-state index in [4.69, 9.17) is 4.98 Å². The number of nitrogens with zero attached hydrogens (tertiary/aromatic N) is 1. The zero-order valence-electron chi connectivity index (χ0n) is 15.4. The highest BCUT2D eigenvalue weighted by atomic mass is 16.1. The molecule has 4 rings (SSSR count). The van der Waals surface area contributed by atoms with Crippen molar-refractivity contribution in [3.8, 4) is 0 Å². The Morgan fingerprint density at radius 3 is 2.81 bits per heavy atom. The van der Waals surface area contributed by atoms with Gasteiger partial charge in [-0.1, -0.05) is 25.2 Å². The first-order valence-electron chi connectivity index (χ1n) is 9.85. The van der Waals surface area contributed by atoms with Gasteiger partial charge in [0, 0.05) is 42.5 Å². The smallest absolute Gasteiger partial charge is 0.219 e. The van der Waals surface area contributed by atoms with E-state index in [2.05, 4.69) is 29.6 Å². The summed E-state index contributed by atoms with van der Waals surface area (Å²) in [6.07, 6.45) is 13.3. The molecule has 3 aliphatic rings. The van der Waals surface area contributed by atoms with Gasteiger partial charge in [0.05, 0.1) is 5.69 Å². The van der Waals surface area contributed by atoms with Crippen molar-refractivity contribution in [3.05, 3.63) is 40.7 Å². The largest absolute Gasteiger partial charge is 0.353 e. The van der Waals surface area contributed by atoms with Crippen molar-refractivity contribution in [1.29, 1.82) is 0 Å². The van der Waals surface area contributed by atoms with Crippen LogP contribution in [0.3, 0.4) is 0 Å². The van der Waals surface area contributed by atoms with Gasteiger partial charge in [0.2, 0.25) is 5.91 Å². The number of fused-ring (bicyclic) bond motifs is 1. The second-order valence-corrected chi connectivity index (χ2v) is 7.67. The van der Waals surface area contributed by atoms with Crippen molar-refractivity contribution < 1.29 is 9.59 Å². The van der Waals surface area contributed by atoms with Crippen LogP contribution in [0.4, 0.5) is 0 Å². The predicted octanol–water partition coefficient (Wildman–Crippen LogP) is 3.63. The van der Waals surface area contributed by atoms with Gasteiger partial charge in [0.25, 0.3) is 0 Å².